The van der Waals surface area contributed by atoms with Crippen molar-refractivity contribution in [3.63, 3.8) is 0 Å². The average molecular weight is 492 g/mol. The minimum atomic E-state index is -3.48. The molecule has 1 atom stereocenters. The van der Waals surface area contributed by atoms with Crippen LogP contribution in [0.3, 0.4) is 0 Å². The molecule has 2 amide bonds. The highest BCUT2D eigenvalue weighted by Crippen LogP contribution is 2.22. The van der Waals surface area contributed by atoms with Crippen molar-refractivity contribution in [2.24, 2.45) is 0 Å². The molecule has 0 unspecified atom stereocenters. The fourth-order valence-corrected chi connectivity index (χ4v) is 6.46. The molecule has 3 fully saturated rings. The molecular formula is C24H37N5O4S. The quantitative estimate of drug-likeness (QED) is 0.620. The van der Waals surface area contributed by atoms with E-state index in [0.29, 0.717) is 25.3 Å². The molecule has 4 rings (SSSR count). The molecule has 1 N–H and O–H groups in total. The van der Waals surface area contributed by atoms with Crippen LogP contribution >= 0.6 is 0 Å². The molecule has 3 saturated heterocycles. The van der Waals surface area contributed by atoms with Gasteiger partial charge in [-0.3, -0.25) is 19.4 Å². The van der Waals surface area contributed by atoms with E-state index in [1.165, 1.54) is 0 Å². The maximum absolute atomic E-state index is 12.8. The van der Waals surface area contributed by atoms with Gasteiger partial charge in [0, 0.05) is 58.0 Å². The number of piperidine rings is 1. The second-order valence-corrected chi connectivity index (χ2v) is 11.5. The number of hydrogen-bond donors (Lipinski definition) is 1. The number of likely N-dealkylation sites (tertiary alicyclic amines) is 1. The van der Waals surface area contributed by atoms with Gasteiger partial charge in [0.2, 0.25) is 21.8 Å². The molecule has 0 spiro atoms. The SMILES string of the molecule is C[C@@H](C(=O)Nc1ccc(S(=O)(=O)N2CCCCC2)cc1)N1CCN(CC(=O)N2CCCC2)CC1. The van der Waals surface area contributed by atoms with Gasteiger partial charge in [-0.25, -0.2) is 8.42 Å². The third kappa shape index (κ3) is 5.97. The first-order chi connectivity index (χ1) is 16.3. The number of benzene rings is 1. The predicted octanol–water partition coefficient (Wildman–Crippen LogP) is 1.43. The Balaban J connectivity index is 1.25. The zero-order valence-corrected chi connectivity index (χ0v) is 20.9. The number of piperazine rings is 1. The Morgan fingerprint density at radius 2 is 1.44 bits per heavy atom. The number of nitrogens with zero attached hydrogens (tertiary/aromatic N) is 4. The molecule has 0 bridgehead atoms. The Hall–Kier alpha value is -2.01. The third-order valence-corrected chi connectivity index (χ3v) is 9.14. The summed E-state index contributed by atoms with van der Waals surface area (Å²) < 4.78 is 27.2. The van der Waals surface area contributed by atoms with Crippen molar-refractivity contribution in [1.82, 2.24) is 19.0 Å². The lowest BCUT2D eigenvalue weighted by molar-refractivity contribution is -0.132. The van der Waals surface area contributed by atoms with Crippen LogP contribution in [0.25, 0.3) is 0 Å². The van der Waals surface area contributed by atoms with Crippen molar-refractivity contribution in [1.29, 1.82) is 0 Å². The molecule has 0 aliphatic carbocycles. The van der Waals surface area contributed by atoms with Crippen molar-refractivity contribution in [2.45, 2.75) is 50.0 Å². The van der Waals surface area contributed by atoms with Gasteiger partial charge in [-0.1, -0.05) is 6.42 Å². The summed E-state index contributed by atoms with van der Waals surface area (Å²) in [6.07, 6.45) is 5.07. The van der Waals surface area contributed by atoms with E-state index in [1.54, 1.807) is 28.6 Å². The van der Waals surface area contributed by atoms with Gasteiger partial charge in [0.05, 0.1) is 17.5 Å². The molecular weight excluding hydrogens is 454 g/mol. The van der Waals surface area contributed by atoms with Crippen LogP contribution < -0.4 is 5.32 Å². The van der Waals surface area contributed by atoms with Crippen LogP contribution in [0.1, 0.15) is 39.0 Å². The van der Waals surface area contributed by atoms with E-state index >= 15 is 0 Å². The molecule has 0 radical (unpaired) electrons. The summed E-state index contributed by atoms with van der Waals surface area (Å²) in [5.41, 5.74) is 0.587. The zero-order valence-electron chi connectivity index (χ0n) is 20.1. The first-order valence-electron chi connectivity index (χ1n) is 12.5. The topological polar surface area (TPSA) is 93.3 Å². The van der Waals surface area contributed by atoms with E-state index in [4.69, 9.17) is 0 Å². The van der Waals surface area contributed by atoms with Gasteiger partial charge in [-0.15, -0.1) is 0 Å². The highest BCUT2D eigenvalue weighted by atomic mass is 32.2. The Kier molecular flexibility index (Phi) is 8.23. The van der Waals surface area contributed by atoms with Crippen molar-refractivity contribution in [3.05, 3.63) is 24.3 Å². The van der Waals surface area contributed by atoms with Crippen LogP contribution in [0.2, 0.25) is 0 Å². The van der Waals surface area contributed by atoms with Crippen LogP contribution in [0, 0.1) is 0 Å². The molecule has 3 heterocycles. The van der Waals surface area contributed by atoms with Gasteiger partial charge in [-0.05, 0) is 56.9 Å². The van der Waals surface area contributed by atoms with Gasteiger partial charge < -0.3 is 10.2 Å². The van der Waals surface area contributed by atoms with E-state index < -0.39 is 10.0 Å². The number of hydrogen-bond acceptors (Lipinski definition) is 6. The summed E-state index contributed by atoms with van der Waals surface area (Å²) in [4.78, 5) is 31.7. The third-order valence-electron chi connectivity index (χ3n) is 7.23. The van der Waals surface area contributed by atoms with Crippen LogP contribution in [0.4, 0.5) is 5.69 Å². The average Bonchev–Trinajstić information content (AvgIpc) is 3.40. The number of nitrogens with one attached hydrogen (secondary N) is 1. The van der Waals surface area contributed by atoms with Gasteiger partial charge in [0.1, 0.15) is 0 Å². The van der Waals surface area contributed by atoms with Crippen molar-refractivity contribution < 1.29 is 18.0 Å². The predicted molar refractivity (Wildman–Crippen MR) is 131 cm³/mol. The zero-order chi connectivity index (χ0) is 24.1. The number of anilines is 1. The molecule has 34 heavy (non-hydrogen) atoms. The Bertz CT molecular complexity index is 948. The number of carbonyl (C=O) groups excluding carboxylic acids is 2. The van der Waals surface area contributed by atoms with E-state index in [2.05, 4.69) is 15.1 Å². The summed E-state index contributed by atoms with van der Waals surface area (Å²) in [5.74, 6) is 0.0933. The first-order valence-corrected chi connectivity index (χ1v) is 13.9. The lowest BCUT2D eigenvalue weighted by Crippen LogP contribution is -2.54. The molecule has 0 saturated carbocycles. The number of carbonyl (C=O) groups is 2. The van der Waals surface area contributed by atoms with Gasteiger partial charge in [-0.2, -0.15) is 4.31 Å². The van der Waals surface area contributed by atoms with Crippen LogP contribution in [-0.4, -0.2) is 104 Å². The minimum absolute atomic E-state index is 0.117. The summed E-state index contributed by atoms with van der Waals surface area (Å²) >= 11 is 0. The van der Waals surface area contributed by atoms with Crippen LogP contribution in [0.15, 0.2) is 29.2 Å². The molecule has 0 aromatic heterocycles. The second-order valence-electron chi connectivity index (χ2n) is 9.55. The largest absolute Gasteiger partial charge is 0.342 e. The van der Waals surface area contributed by atoms with Crippen LogP contribution in [-0.2, 0) is 19.6 Å². The van der Waals surface area contributed by atoms with E-state index in [1.807, 2.05) is 11.8 Å². The maximum Gasteiger partial charge on any atom is 0.243 e. The summed E-state index contributed by atoms with van der Waals surface area (Å²) in [6, 6.07) is 6.14. The number of rotatable bonds is 7. The molecule has 3 aliphatic heterocycles. The van der Waals surface area contributed by atoms with Crippen molar-refractivity contribution in [3.8, 4) is 0 Å². The Morgan fingerprint density at radius 3 is 2.06 bits per heavy atom. The normalized spacial score (nSPS) is 22.0. The van der Waals surface area contributed by atoms with Gasteiger partial charge in [0.15, 0.2) is 0 Å². The molecule has 1 aromatic carbocycles. The highest BCUT2D eigenvalue weighted by Gasteiger charge is 2.29. The molecule has 1 aromatic rings. The fraction of sp³-hybridized carbons (Fsp3) is 0.667. The second kappa shape index (κ2) is 11.2. The Morgan fingerprint density at radius 1 is 0.853 bits per heavy atom. The monoisotopic (exact) mass is 491 g/mol. The van der Waals surface area contributed by atoms with E-state index in [9.17, 15) is 18.0 Å². The van der Waals surface area contributed by atoms with Crippen molar-refractivity contribution in [2.75, 3.05) is 64.2 Å². The fourth-order valence-electron chi connectivity index (χ4n) is 4.94. The van der Waals surface area contributed by atoms with Gasteiger partial charge in [0.25, 0.3) is 0 Å². The maximum atomic E-state index is 12.8. The number of sulfonamides is 1. The smallest absolute Gasteiger partial charge is 0.243 e. The van der Waals surface area contributed by atoms with E-state index in [-0.39, 0.29) is 22.8 Å². The summed E-state index contributed by atoms with van der Waals surface area (Å²) in [5, 5.41) is 2.91. The summed E-state index contributed by atoms with van der Waals surface area (Å²) in [6.45, 7) is 8.22. The lowest BCUT2D eigenvalue weighted by atomic mass is 10.2. The Labute approximate surface area is 203 Å². The highest BCUT2D eigenvalue weighted by molar-refractivity contribution is 7.89. The minimum Gasteiger partial charge on any atom is -0.342 e. The molecule has 10 heteroatoms. The van der Waals surface area contributed by atoms with Crippen LogP contribution in [0.5, 0.6) is 0 Å². The standard InChI is InChI=1S/C24H37N5O4S/c1-20(27-17-15-26(16-18-27)19-23(30)28-11-5-6-12-28)24(31)25-21-7-9-22(10-8-21)34(32,33)29-13-3-2-4-14-29/h7-10,20H,2-6,11-19H2,1H3,(H,25,31)/t20-/m0/s1. The lowest BCUT2D eigenvalue weighted by Gasteiger charge is -2.37. The molecule has 3 aliphatic rings. The van der Waals surface area contributed by atoms with Gasteiger partial charge >= 0.3 is 0 Å². The first kappa shape index (κ1) is 25.1. The van der Waals surface area contributed by atoms with E-state index in [0.717, 1.165) is 71.4 Å². The number of amides is 2. The molecule has 9 nitrogen and oxygen atoms in total. The molecule has 188 valence electrons. The van der Waals surface area contributed by atoms with Crippen molar-refractivity contribution >= 4 is 27.5 Å². The summed E-state index contributed by atoms with van der Waals surface area (Å²) in [7, 11) is -3.48.